The Morgan fingerprint density at radius 2 is 2.43 bits per heavy atom. The third-order valence-corrected chi connectivity index (χ3v) is 3.26. The number of thioether (sulfide) groups is 1. The molecule has 1 rings (SSSR count). The van der Waals surface area contributed by atoms with Gasteiger partial charge in [0.2, 0.25) is 5.91 Å². The minimum atomic E-state index is 0.0735. The van der Waals surface area contributed by atoms with Gasteiger partial charge in [-0.2, -0.15) is 5.26 Å². The van der Waals surface area contributed by atoms with Crippen LogP contribution in [-0.4, -0.2) is 23.5 Å². The summed E-state index contributed by atoms with van der Waals surface area (Å²) in [6.45, 7) is 2.22. The van der Waals surface area contributed by atoms with E-state index < -0.39 is 0 Å². The molecule has 4 heteroatoms. The largest absolute Gasteiger partial charge is 0.353 e. The third-order valence-electron chi connectivity index (χ3n) is 2.46. The van der Waals surface area contributed by atoms with Crippen molar-refractivity contribution < 1.29 is 4.79 Å². The van der Waals surface area contributed by atoms with Crippen molar-refractivity contribution in [3.05, 3.63) is 0 Å². The Hall–Kier alpha value is -0.690. The summed E-state index contributed by atoms with van der Waals surface area (Å²) in [4.78, 5) is 11.3. The van der Waals surface area contributed by atoms with Gasteiger partial charge < -0.3 is 5.32 Å². The van der Waals surface area contributed by atoms with Crippen molar-refractivity contribution in [2.45, 2.75) is 32.2 Å². The summed E-state index contributed by atoms with van der Waals surface area (Å²) >= 11 is 1.37. The zero-order chi connectivity index (χ0) is 10.4. The topological polar surface area (TPSA) is 52.9 Å². The van der Waals surface area contributed by atoms with Crippen molar-refractivity contribution in [2.24, 2.45) is 5.92 Å². The lowest BCUT2D eigenvalue weighted by Crippen LogP contribution is -2.34. The molecular weight excluding hydrogens is 196 g/mol. The van der Waals surface area contributed by atoms with Crippen LogP contribution in [-0.2, 0) is 4.79 Å². The van der Waals surface area contributed by atoms with Gasteiger partial charge in [0.05, 0.1) is 17.6 Å². The van der Waals surface area contributed by atoms with E-state index in [-0.39, 0.29) is 5.91 Å². The van der Waals surface area contributed by atoms with Crippen molar-refractivity contribution >= 4 is 17.7 Å². The number of nitrogens with one attached hydrogen (secondary N) is 1. The minimum absolute atomic E-state index is 0.0735. The van der Waals surface area contributed by atoms with E-state index >= 15 is 0 Å². The van der Waals surface area contributed by atoms with Crippen LogP contribution in [0.3, 0.4) is 0 Å². The number of hydrogen-bond acceptors (Lipinski definition) is 3. The van der Waals surface area contributed by atoms with Crippen LogP contribution < -0.4 is 5.32 Å². The van der Waals surface area contributed by atoms with E-state index in [2.05, 4.69) is 12.2 Å². The summed E-state index contributed by atoms with van der Waals surface area (Å²) < 4.78 is 0. The van der Waals surface area contributed by atoms with Gasteiger partial charge in [0.25, 0.3) is 0 Å². The second-order valence-electron chi connectivity index (χ2n) is 3.83. The van der Waals surface area contributed by atoms with E-state index in [1.54, 1.807) is 0 Å². The molecule has 1 aliphatic carbocycles. The van der Waals surface area contributed by atoms with Crippen LogP contribution in [0.1, 0.15) is 26.2 Å². The van der Waals surface area contributed by atoms with Crippen LogP contribution in [0.2, 0.25) is 0 Å². The highest BCUT2D eigenvalue weighted by Crippen LogP contribution is 2.24. The smallest absolute Gasteiger partial charge is 0.230 e. The van der Waals surface area contributed by atoms with Crippen molar-refractivity contribution in [1.82, 2.24) is 5.32 Å². The first kappa shape index (κ1) is 11.4. The van der Waals surface area contributed by atoms with Gasteiger partial charge in [-0.15, -0.1) is 11.8 Å². The standard InChI is InChI=1S/C10H16N2OS/c1-8-2-3-9(6-8)12-10(13)7-14-5-4-11/h8-9H,2-3,5-7H2,1H3,(H,12,13). The molecular formula is C10H16N2OS. The van der Waals surface area contributed by atoms with Gasteiger partial charge in [0.15, 0.2) is 0 Å². The maximum atomic E-state index is 11.3. The molecule has 2 atom stereocenters. The molecule has 78 valence electrons. The Bertz CT molecular complexity index is 237. The van der Waals surface area contributed by atoms with Gasteiger partial charge in [-0.3, -0.25) is 4.79 Å². The van der Waals surface area contributed by atoms with Gasteiger partial charge in [0, 0.05) is 6.04 Å². The molecule has 1 amide bonds. The van der Waals surface area contributed by atoms with Crippen molar-refractivity contribution in [3.8, 4) is 6.07 Å². The van der Waals surface area contributed by atoms with E-state index in [1.807, 2.05) is 6.07 Å². The van der Waals surface area contributed by atoms with Gasteiger partial charge >= 0.3 is 0 Å². The number of nitriles is 1. The van der Waals surface area contributed by atoms with Crippen LogP contribution in [0, 0.1) is 17.2 Å². The highest BCUT2D eigenvalue weighted by Gasteiger charge is 2.22. The number of nitrogens with zero attached hydrogens (tertiary/aromatic N) is 1. The lowest BCUT2D eigenvalue weighted by atomic mass is 10.1. The quantitative estimate of drug-likeness (QED) is 0.719. The molecule has 1 saturated carbocycles. The summed E-state index contributed by atoms with van der Waals surface area (Å²) in [7, 11) is 0. The molecule has 0 saturated heterocycles. The second kappa shape index (κ2) is 5.92. The average Bonchev–Trinajstić information content (AvgIpc) is 2.52. The summed E-state index contributed by atoms with van der Waals surface area (Å²) in [5.41, 5.74) is 0. The van der Waals surface area contributed by atoms with Gasteiger partial charge in [-0.25, -0.2) is 0 Å². The molecule has 0 heterocycles. The predicted molar refractivity (Wildman–Crippen MR) is 57.9 cm³/mol. The average molecular weight is 212 g/mol. The van der Waals surface area contributed by atoms with Crippen LogP contribution >= 0.6 is 11.8 Å². The predicted octanol–water partition coefficient (Wildman–Crippen LogP) is 1.55. The maximum Gasteiger partial charge on any atom is 0.230 e. The molecule has 0 spiro atoms. The maximum absolute atomic E-state index is 11.3. The van der Waals surface area contributed by atoms with Crippen molar-refractivity contribution in [3.63, 3.8) is 0 Å². The Kier molecular flexibility index (Phi) is 4.81. The Morgan fingerprint density at radius 1 is 1.64 bits per heavy atom. The second-order valence-corrected chi connectivity index (χ2v) is 4.82. The molecule has 3 nitrogen and oxygen atoms in total. The molecule has 2 unspecified atom stereocenters. The molecule has 0 aromatic heterocycles. The third kappa shape index (κ3) is 4.01. The van der Waals surface area contributed by atoms with E-state index in [1.165, 1.54) is 18.2 Å². The van der Waals surface area contributed by atoms with Gasteiger partial charge in [-0.1, -0.05) is 6.92 Å². The summed E-state index contributed by atoms with van der Waals surface area (Å²) in [6, 6.07) is 2.38. The fraction of sp³-hybridized carbons (Fsp3) is 0.800. The number of carbonyl (C=O) groups is 1. The summed E-state index contributed by atoms with van der Waals surface area (Å²) in [6.07, 6.45) is 3.43. The zero-order valence-electron chi connectivity index (χ0n) is 8.45. The Labute approximate surface area is 89.2 Å². The summed E-state index contributed by atoms with van der Waals surface area (Å²) in [5.74, 6) is 1.63. The lowest BCUT2D eigenvalue weighted by Gasteiger charge is -2.11. The monoisotopic (exact) mass is 212 g/mol. The van der Waals surface area contributed by atoms with E-state index in [9.17, 15) is 4.79 Å². The van der Waals surface area contributed by atoms with Gasteiger partial charge in [0.1, 0.15) is 0 Å². The molecule has 1 fully saturated rings. The molecule has 1 aliphatic rings. The first-order chi connectivity index (χ1) is 6.72. The summed E-state index contributed by atoms with van der Waals surface area (Å²) in [5, 5.41) is 11.3. The first-order valence-corrected chi connectivity index (χ1v) is 6.12. The molecule has 1 N–H and O–H groups in total. The fourth-order valence-electron chi connectivity index (χ4n) is 1.80. The van der Waals surface area contributed by atoms with Crippen molar-refractivity contribution in [2.75, 3.05) is 11.5 Å². The number of hydrogen-bond donors (Lipinski definition) is 1. The van der Waals surface area contributed by atoms with Gasteiger partial charge in [-0.05, 0) is 25.2 Å². The number of carbonyl (C=O) groups excluding carboxylic acids is 1. The van der Waals surface area contributed by atoms with Crippen LogP contribution in [0.25, 0.3) is 0 Å². The SMILES string of the molecule is CC1CCC(NC(=O)CSCC#N)C1. The van der Waals surface area contributed by atoms with Crippen molar-refractivity contribution in [1.29, 1.82) is 5.26 Å². The van der Waals surface area contributed by atoms with E-state index in [0.717, 1.165) is 18.8 Å². The Morgan fingerprint density at radius 3 is 3.00 bits per heavy atom. The van der Waals surface area contributed by atoms with E-state index in [0.29, 0.717) is 17.5 Å². The molecule has 0 radical (unpaired) electrons. The fourth-order valence-corrected chi connectivity index (χ4v) is 2.26. The van der Waals surface area contributed by atoms with Crippen LogP contribution in [0.4, 0.5) is 0 Å². The lowest BCUT2D eigenvalue weighted by molar-refractivity contribution is -0.119. The van der Waals surface area contributed by atoms with Crippen LogP contribution in [0.5, 0.6) is 0 Å². The molecule has 0 aromatic rings. The molecule has 0 bridgehead atoms. The highest BCUT2D eigenvalue weighted by atomic mass is 32.2. The molecule has 0 aliphatic heterocycles. The first-order valence-electron chi connectivity index (χ1n) is 4.96. The minimum Gasteiger partial charge on any atom is -0.353 e. The molecule has 0 aromatic carbocycles. The number of amides is 1. The zero-order valence-corrected chi connectivity index (χ0v) is 9.27. The number of rotatable bonds is 4. The molecule has 14 heavy (non-hydrogen) atoms. The van der Waals surface area contributed by atoms with Crippen LogP contribution in [0.15, 0.2) is 0 Å². The van der Waals surface area contributed by atoms with E-state index in [4.69, 9.17) is 5.26 Å². The highest BCUT2D eigenvalue weighted by molar-refractivity contribution is 8.00. The normalized spacial score (nSPS) is 25.7. The Balaban J connectivity index is 2.11.